The molecule has 7 nitrogen and oxygen atoms in total. The number of imidazole rings is 1. The van der Waals surface area contributed by atoms with E-state index < -0.39 is 0 Å². The molecule has 0 unspecified atom stereocenters. The first kappa shape index (κ1) is 20.1. The highest BCUT2D eigenvalue weighted by Crippen LogP contribution is 2.42. The molecular formula is C26H28N6O. The maximum Gasteiger partial charge on any atom is 0.229 e. The minimum atomic E-state index is -0.260. The predicted octanol–water partition coefficient (Wildman–Crippen LogP) is 3.93. The number of nitrogens with zero attached hydrogens (tertiary/aromatic N) is 6. The monoisotopic (exact) mass is 440 g/mol. The van der Waals surface area contributed by atoms with Crippen LogP contribution < -0.4 is 4.90 Å². The second-order valence-electron chi connectivity index (χ2n) is 9.39. The van der Waals surface area contributed by atoms with Gasteiger partial charge < -0.3 is 14.4 Å². The molecule has 2 aromatic heterocycles. The number of fused-ring (bicyclic) bond motifs is 2. The molecule has 0 radical (unpaired) electrons. The quantitative estimate of drug-likeness (QED) is 0.483. The summed E-state index contributed by atoms with van der Waals surface area (Å²) in [5, 5.41) is 0. The van der Waals surface area contributed by atoms with Gasteiger partial charge in [0.2, 0.25) is 5.91 Å². The van der Waals surface area contributed by atoms with Gasteiger partial charge in [-0.2, -0.15) is 0 Å². The number of rotatable bonds is 3. The van der Waals surface area contributed by atoms with Crippen molar-refractivity contribution in [3.8, 4) is 0 Å². The van der Waals surface area contributed by atoms with Crippen molar-refractivity contribution in [2.45, 2.75) is 32.2 Å². The summed E-state index contributed by atoms with van der Waals surface area (Å²) in [5.74, 6) is 2.15. The Hall–Kier alpha value is -3.48. The molecular weight excluding hydrogens is 412 g/mol. The fourth-order valence-corrected chi connectivity index (χ4v) is 5.54. The molecule has 33 heavy (non-hydrogen) atoms. The SMILES string of the molecule is Cn1c(CN2CCCC3(CCN(c4cnc5ccccc5n4)CC3)C2=O)nc2ccccc21. The topological polar surface area (TPSA) is 67.2 Å². The van der Waals surface area contributed by atoms with Crippen molar-refractivity contribution in [1.29, 1.82) is 0 Å². The van der Waals surface area contributed by atoms with Gasteiger partial charge in [0.05, 0.1) is 40.2 Å². The number of benzene rings is 2. The van der Waals surface area contributed by atoms with E-state index in [1.54, 1.807) is 0 Å². The Morgan fingerprint density at radius 1 is 0.879 bits per heavy atom. The highest BCUT2D eigenvalue weighted by atomic mass is 16.2. The smallest absolute Gasteiger partial charge is 0.229 e. The molecule has 0 aliphatic carbocycles. The van der Waals surface area contributed by atoms with Crippen molar-refractivity contribution in [1.82, 2.24) is 24.4 Å². The highest BCUT2D eigenvalue weighted by Gasteiger charge is 2.46. The Morgan fingerprint density at radius 3 is 2.39 bits per heavy atom. The highest BCUT2D eigenvalue weighted by molar-refractivity contribution is 5.84. The first-order chi connectivity index (χ1) is 16.1. The third-order valence-corrected chi connectivity index (χ3v) is 7.52. The Bertz CT molecular complexity index is 1340. The molecule has 1 spiro atoms. The zero-order valence-electron chi connectivity index (χ0n) is 18.9. The average molecular weight is 441 g/mol. The Kier molecular flexibility index (Phi) is 4.78. The summed E-state index contributed by atoms with van der Waals surface area (Å²) in [7, 11) is 2.04. The van der Waals surface area contributed by atoms with Crippen LogP contribution >= 0.6 is 0 Å². The summed E-state index contributed by atoms with van der Waals surface area (Å²) in [6, 6.07) is 16.1. The molecule has 6 rings (SSSR count). The zero-order valence-corrected chi connectivity index (χ0v) is 18.9. The fraction of sp³-hybridized carbons (Fsp3) is 0.385. The normalized spacial score (nSPS) is 18.5. The number of para-hydroxylation sites is 4. The Labute approximate surface area is 193 Å². The first-order valence-corrected chi connectivity index (χ1v) is 11.8. The predicted molar refractivity (Wildman–Crippen MR) is 129 cm³/mol. The lowest BCUT2D eigenvalue weighted by Gasteiger charge is -2.46. The van der Waals surface area contributed by atoms with Crippen LogP contribution in [-0.2, 0) is 18.4 Å². The Balaban J connectivity index is 1.18. The van der Waals surface area contributed by atoms with Crippen LogP contribution in [0, 0.1) is 5.41 Å². The van der Waals surface area contributed by atoms with E-state index in [4.69, 9.17) is 9.97 Å². The molecule has 2 aromatic carbocycles. The van der Waals surface area contributed by atoms with E-state index in [9.17, 15) is 4.79 Å². The number of carbonyl (C=O) groups excluding carboxylic acids is 1. The largest absolute Gasteiger partial charge is 0.355 e. The lowest BCUT2D eigenvalue weighted by atomic mass is 9.71. The van der Waals surface area contributed by atoms with E-state index in [1.165, 1.54) is 0 Å². The van der Waals surface area contributed by atoms with E-state index in [0.717, 1.165) is 79.0 Å². The summed E-state index contributed by atoms with van der Waals surface area (Å²) < 4.78 is 2.12. The number of anilines is 1. The molecule has 2 aliphatic rings. The maximum absolute atomic E-state index is 13.7. The molecule has 2 aliphatic heterocycles. The number of aryl methyl sites for hydroxylation is 1. The van der Waals surface area contributed by atoms with Gasteiger partial charge in [-0.25, -0.2) is 9.97 Å². The minimum Gasteiger partial charge on any atom is -0.355 e. The number of amides is 1. The minimum absolute atomic E-state index is 0.260. The first-order valence-electron chi connectivity index (χ1n) is 11.8. The molecule has 2 fully saturated rings. The number of carbonyl (C=O) groups is 1. The van der Waals surface area contributed by atoms with E-state index in [1.807, 2.05) is 60.6 Å². The van der Waals surface area contributed by atoms with Crippen molar-refractivity contribution < 1.29 is 4.79 Å². The summed E-state index contributed by atoms with van der Waals surface area (Å²) in [6.45, 7) is 3.05. The van der Waals surface area contributed by atoms with Gasteiger partial charge in [-0.05, 0) is 49.9 Å². The lowest BCUT2D eigenvalue weighted by Crippen LogP contribution is -2.53. The van der Waals surface area contributed by atoms with Crippen LogP contribution in [0.3, 0.4) is 0 Å². The van der Waals surface area contributed by atoms with Crippen molar-refractivity contribution >= 4 is 33.8 Å². The molecule has 0 N–H and O–H groups in total. The number of hydrogen-bond acceptors (Lipinski definition) is 5. The maximum atomic E-state index is 13.7. The van der Waals surface area contributed by atoms with Gasteiger partial charge in [0.25, 0.3) is 0 Å². The van der Waals surface area contributed by atoms with Crippen LogP contribution in [0.2, 0.25) is 0 Å². The molecule has 4 heterocycles. The molecule has 4 aromatic rings. The van der Waals surface area contributed by atoms with Gasteiger partial charge >= 0.3 is 0 Å². The van der Waals surface area contributed by atoms with Crippen LogP contribution in [0.5, 0.6) is 0 Å². The number of hydrogen-bond donors (Lipinski definition) is 0. The van der Waals surface area contributed by atoms with Crippen molar-refractivity contribution in [3.63, 3.8) is 0 Å². The average Bonchev–Trinajstić information content (AvgIpc) is 3.17. The zero-order chi connectivity index (χ0) is 22.4. The van der Waals surface area contributed by atoms with Crippen LogP contribution in [0.25, 0.3) is 22.1 Å². The van der Waals surface area contributed by atoms with E-state index >= 15 is 0 Å². The van der Waals surface area contributed by atoms with Gasteiger partial charge in [0.15, 0.2) is 0 Å². The number of piperidine rings is 2. The van der Waals surface area contributed by atoms with Gasteiger partial charge in [-0.15, -0.1) is 0 Å². The van der Waals surface area contributed by atoms with Gasteiger partial charge in [-0.3, -0.25) is 9.78 Å². The second kappa shape index (κ2) is 7.83. The van der Waals surface area contributed by atoms with E-state index in [2.05, 4.69) is 20.5 Å². The van der Waals surface area contributed by atoms with Crippen molar-refractivity contribution in [2.24, 2.45) is 12.5 Å². The second-order valence-corrected chi connectivity index (χ2v) is 9.39. The molecule has 0 bridgehead atoms. The standard InChI is InChI=1S/C26H28N6O/c1-30-22-10-5-4-9-21(22)29-24(30)18-32-14-6-11-26(25(32)33)12-15-31(16-13-26)23-17-27-19-7-2-3-8-20(19)28-23/h2-5,7-10,17H,6,11-16,18H2,1H3. The van der Waals surface area contributed by atoms with Gasteiger partial charge in [0, 0.05) is 26.7 Å². The molecule has 168 valence electrons. The van der Waals surface area contributed by atoms with E-state index in [-0.39, 0.29) is 5.41 Å². The van der Waals surface area contributed by atoms with Gasteiger partial charge in [-0.1, -0.05) is 24.3 Å². The number of aromatic nitrogens is 4. The van der Waals surface area contributed by atoms with Crippen molar-refractivity contribution in [3.05, 3.63) is 60.6 Å². The van der Waals surface area contributed by atoms with Crippen LogP contribution in [0.4, 0.5) is 5.82 Å². The van der Waals surface area contributed by atoms with E-state index in [0.29, 0.717) is 12.5 Å². The summed E-state index contributed by atoms with van der Waals surface area (Å²) in [4.78, 5) is 32.2. The third-order valence-electron chi connectivity index (χ3n) is 7.52. The van der Waals surface area contributed by atoms with Crippen molar-refractivity contribution in [2.75, 3.05) is 24.5 Å². The molecule has 2 saturated heterocycles. The Morgan fingerprint density at radius 2 is 1.61 bits per heavy atom. The fourth-order valence-electron chi connectivity index (χ4n) is 5.54. The third kappa shape index (κ3) is 3.43. The molecule has 7 heteroatoms. The number of likely N-dealkylation sites (tertiary alicyclic amines) is 1. The van der Waals surface area contributed by atoms with Crippen LogP contribution in [-0.4, -0.2) is 50.0 Å². The summed E-state index contributed by atoms with van der Waals surface area (Å²) in [6.07, 6.45) is 5.60. The molecule has 0 atom stereocenters. The summed E-state index contributed by atoms with van der Waals surface area (Å²) >= 11 is 0. The molecule has 1 amide bonds. The van der Waals surface area contributed by atoms with Crippen LogP contribution in [0.1, 0.15) is 31.5 Å². The summed E-state index contributed by atoms with van der Waals surface area (Å²) in [5.41, 5.74) is 3.66. The lowest BCUT2D eigenvalue weighted by molar-refractivity contribution is -0.148. The van der Waals surface area contributed by atoms with Gasteiger partial charge in [0.1, 0.15) is 11.6 Å². The molecule has 0 saturated carbocycles. The van der Waals surface area contributed by atoms with Crippen LogP contribution in [0.15, 0.2) is 54.7 Å².